The number of benzene rings is 1. The Morgan fingerprint density at radius 3 is 2.73 bits per heavy atom. The zero-order chi connectivity index (χ0) is 11.2. The van der Waals surface area contributed by atoms with Crippen LogP contribution in [-0.2, 0) is 0 Å². The van der Waals surface area contributed by atoms with E-state index in [-0.39, 0.29) is 5.54 Å². The van der Waals surface area contributed by atoms with E-state index in [9.17, 15) is 0 Å². The summed E-state index contributed by atoms with van der Waals surface area (Å²) in [5.41, 5.74) is 3.72. The Kier molecular flexibility index (Phi) is 2.34. The Labute approximate surface area is 96.2 Å². The molecule has 0 atom stereocenters. The average Bonchev–Trinajstić information content (AvgIpc) is 2.06. The van der Waals surface area contributed by atoms with Gasteiger partial charge in [0.15, 0.2) is 0 Å². The third kappa shape index (κ3) is 1.91. The molecule has 3 heteroatoms. The Bertz CT molecular complexity index is 399. The molecule has 0 saturated carbocycles. The maximum atomic E-state index is 6.06. The molecule has 0 fully saturated rings. The third-order valence-electron chi connectivity index (χ3n) is 2.79. The van der Waals surface area contributed by atoms with Gasteiger partial charge < -0.3 is 10.2 Å². The second-order valence-corrected chi connectivity index (χ2v) is 5.42. The van der Waals surface area contributed by atoms with Crippen LogP contribution in [-0.4, -0.2) is 19.1 Å². The zero-order valence-corrected chi connectivity index (χ0v) is 10.4. The summed E-state index contributed by atoms with van der Waals surface area (Å²) in [4.78, 5) is 2.25. The van der Waals surface area contributed by atoms with E-state index in [4.69, 9.17) is 11.6 Å². The summed E-state index contributed by atoms with van der Waals surface area (Å²) in [6, 6.07) is 4.02. The van der Waals surface area contributed by atoms with E-state index in [1.807, 2.05) is 12.1 Å². The molecule has 2 nitrogen and oxygen atoms in total. The topological polar surface area (TPSA) is 15.3 Å². The van der Waals surface area contributed by atoms with Crippen molar-refractivity contribution in [1.82, 2.24) is 0 Å². The van der Waals surface area contributed by atoms with Gasteiger partial charge in [0.05, 0.1) is 11.4 Å². The molecule has 15 heavy (non-hydrogen) atoms. The van der Waals surface area contributed by atoms with E-state index in [2.05, 4.69) is 38.0 Å². The normalized spacial score (nSPS) is 18.3. The lowest BCUT2D eigenvalue weighted by Crippen LogP contribution is -2.47. The number of nitrogens with zero attached hydrogens (tertiary/aromatic N) is 1. The monoisotopic (exact) mass is 224 g/mol. The van der Waals surface area contributed by atoms with Crippen LogP contribution in [0.1, 0.15) is 19.4 Å². The van der Waals surface area contributed by atoms with Crippen LogP contribution in [0.25, 0.3) is 0 Å². The molecule has 2 rings (SSSR count). The van der Waals surface area contributed by atoms with Crippen LogP contribution in [0.5, 0.6) is 0 Å². The van der Waals surface area contributed by atoms with E-state index in [1.54, 1.807) is 0 Å². The van der Waals surface area contributed by atoms with Gasteiger partial charge in [-0.05, 0) is 38.5 Å². The van der Waals surface area contributed by atoms with E-state index in [0.29, 0.717) is 0 Å². The standard InChI is InChI=1S/C12H17ClN2/c1-8-5-9(13)6-10-11(8)14-12(2,3)7-15(10)4/h5-6,14H,7H2,1-4H3. The van der Waals surface area contributed by atoms with Crippen molar-refractivity contribution in [2.75, 3.05) is 23.8 Å². The molecule has 1 aromatic carbocycles. The molecule has 0 bridgehead atoms. The first-order chi connectivity index (χ1) is 6.89. The lowest BCUT2D eigenvalue weighted by atomic mass is 9.98. The number of fused-ring (bicyclic) bond motifs is 1. The van der Waals surface area contributed by atoms with Crippen LogP contribution in [0.2, 0.25) is 5.02 Å². The molecule has 0 aromatic heterocycles. The molecule has 1 aliphatic heterocycles. The Hall–Kier alpha value is -0.890. The summed E-state index contributed by atoms with van der Waals surface area (Å²) in [6.07, 6.45) is 0. The highest BCUT2D eigenvalue weighted by Crippen LogP contribution is 2.38. The SMILES string of the molecule is Cc1cc(Cl)cc2c1NC(C)(C)CN2C. The van der Waals surface area contributed by atoms with Gasteiger partial charge in [-0.15, -0.1) is 0 Å². The van der Waals surface area contributed by atoms with E-state index < -0.39 is 0 Å². The van der Waals surface area contributed by atoms with Crippen molar-refractivity contribution in [2.24, 2.45) is 0 Å². The van der Waals surface area contributed by atoms with Gasteiger partial charge >= 0.3 is 0 Å². The van der Waals surface area contributed by atoms with Crippen LogP contribution < -0.4 is 10.2 Å². The van der Waals surface area contributed by atoms with E-state index in [1.165, 1.54) is 16.9 Å². The van der Waals surface area contributed by atoms with Crippen molar-refractivity contribution in [3.05, 3.63) is 22.7 Å². The van der Waals surface area contributed by atoms with Crippen molar-refractivity contribution < 1.29 is 0 Å². The molecule has 82 valence electrons. The number of hydrogen-bond acceptors (Lipinski definition) is 2. The predicted molar refractivity (Wildman–Crippen MR) is 67.2 cm³/mol. The average molecular weight is 225 g/mol. The zero-order valence-electron chi connectivity index (χ0n) is 9.69. The first-order valence-electron chi connectivity index (χ1n) is 5.18. The molecular weight excluding hydrogens is 208 g/mol. The van der Waals surface area contributed by atoms with Crippen LogP contribution >= 0.6 is 11.6 Å². The number of rotatable bonds is 0. The molecule has 0 spiro atoms. The maximum absolute atomic E-state index is 6.06. The molecule has 1 N–H and O–H groups in total. The molecular formula is C12H17ClN2. The molecule has 0 unspecified atom stereocenters. The summed E-state index contributed by atoms with van der Waals surface area (Å²) >= 11 is 6.06. The predicted octanol–water partition coefficient (Wildman–Crippen LogP) is 3.29. The highest BCUT2D eigenvalue weighted by molar-refractivity contribution is 6.31. The van der Waals surface area contributed by atoms with Crippen LogP contribution in [0.15, 0.2) is 12.1 Å². The summed E-state index contributed by atoms with van der Waals surface area (Å²) in [5.74, 6) is 0. The minimum atomic E-state index is 0.111. The van der Waals surface area contributed by atoms with Crippen molar-refractivity contribution in [2.45, 2.75) is 26.3 Å². The third-order valence-corrected chi connectivity index (χ3v) is 3.00. The van der Waals surface area contributed by atoms with Gasteiger partial charge in [0.1, 0.15) is 0 Å². The number of hydrogen-bond donors (Lipinski definition) is 1. The van der Waals surface area contributed by atoms with Crippen LogP contribution in [0, 0.1) is 6.92 Å². The first kappa shape index (κ1) is 10.6. The number of halogens is 1. The van der Waals surface area contributed by atoms with E-state index >= 15 is 0 Å². The number of nitrogens with one attached hydrogen (secondary N) is 1. The minimum absolute atomic E-state index is 0.111. The van der Waals surface area contributed by atoms with Gasteiger partial charge in [-0.1, -0.05) is 11.6 Å². The number of aryl methyl sites for hydroxylation is 1. The fourth-order valence-electron chi connectivity index (χ4n) is 2.25. The van der Waals surface area contributed by atoms with E-state index in [0.717, 1.165) is 11.6 Å². The summed E-state index contributed by atoms with van der Waals surface area (Å²) in [7, 11) is 2.11. The second kappa shape index (κ2) is 3.31. The number of anilines is 2. The van der Waals surface area contributed by atoms with Gasteiger partial charge in [-0.25, -0.2) is 0 Å². The highest BCUT2D eigenvalue weighted by Gasteiger charge is 2.28. The van der Waals surface area contributed by atoms with Gasteiger partial charge in [0, 0.05) is 24.2 Å². The summed E-state index contributed by atoms with van der Waals surface area (Å²) in [5, 5.41) is 4.37. The van der Waals surface area contributed by atoms with Gasteiger partial charge in [0.25, 0.3) is 0 Å². The lowest BCUT2D eigenvalue weighted by molar-refractivity contribution is 0.549. The van der Waals surface area contributed by atoms with Crippen molar-refractivity contribution in [3.63, 3.8) is 0 Å². The summed E-state index contributed by atoms with van der Waals surface area (Å²) < 4.78 is 0. The fourth-order valence-corrected chi connectivity index (χ4v) is 2.51. The van der Waals surface area contributed by atoms with Gasteiger partial charge in [0.2, 0.25) is 0 Å². The molecule has 1 aliphatic rings. The Morgan fingerprint density at radius 1 is 1.40 bits per heavy atom. The fraction of sp³-hybridized carbons (Fsp3) is 0.500. The van der Waals surface area contributed by atoms with Crippen molar-refractivity contribution in [3.8, 4) is 0 Å². The molecule has 0 aliphatic carbocycles. The first-order valence-corrected chi connectivity index (χ1v) is 5.56. The molecule has 0 amide bonds. The lowest BCUT2D eigenvalue weighted by Gasteiger charge is -2.41. The van der Waals surface area contributed by atoms with Crippen molar-refractivity contribution in [1.29, 1.82) is 0 Å². The Morgan fingerprint density at radius 2 is 2.07 bits per heavy atom. The molecule has 0 saturated heterocycles. The highest BCUT2D eigenvalue weighted by atomic mass is 35.5. The summed E-state index contributed by atoms with van der Waals surface area (Å²) in [6.45, 7) is 7.49. The van der Waals surface area contributed by atoms with Crippen LogP contribution in [0.3, 0.4) is 0 Å². The maximum Gasteiger partial charge on any atom is 0.0618 e. The smallest absolute Gasteiger partial charge is 0.0618 e. The molecule has 0 radical (unpaired) electrons. The van der Waals surface area contributed by atoms with Crippen LogP contribution in [0.4, 0.5) is 11.4 Å². The quantitative estimate of drug-likeness (QED) is 0.728. The second-order valence-electron chi connectivity index (χ2n) is 4.98. The largest absolute Gasteiger partial charge is 0.376 e. The van der Waals surface area contributed by atoms with Gasteiger partial charge in [-0.3, -0.25) is 0 Å². The number of likely N-dealkylation sites (N-methyl/N-ethyl adjacent to an activating group) is 1. The Balaban J connectivity index is 2.55. The van der Waals surface area contributed by atoms with Crippen molar-refractivity contribution >= 4 is 23.0 Å². The molecule has 1 heterocycles. The minimum Gasteiger partial charge on any atom is -0.376 e. The van der Waals surface area contributed by atoms with Gasteiger partial charge in [-0.2, -0.15) is 0 Å². The molecule has 1 aromatic rings.